The molecule has 1 atom stereocenters. The van der Waals surface area contributed by atoms with Crippen LogP contribution >= 0.6 is 0 Å². The summed E-state index contributed by atoms with van der Waals surface area (Å²) in [5.41, 5.74) is 2.98. The van der Waals surface area contributed by atoms with Gasteiger partial charge in [-0.25, -0.2) is 14.8 Å². The summed E-state index contributed by atoms with van der Waals surface area (Å²) in [7, 11) is 1.40. The van der Waals surface area contributed by atoms with Crippen LogP contribution in [0.2, 0.25) is 0 Å². The third-order valence-electron chi connectivity index (χ3n) is 5.30. The average Bonchev–Trinajstić information content (AvgIpc) is 3.57. The van der Waals surface area contributed by atoms with Crippen molar-refractivity contribution in [2.75, 3.05) is 30.5 Å². The van der Waals surface area contributed by atoms with Gasteiger partial charge in [-0.2, -0.15) is 0 Å². The van der Waals surface area contributed by atoms with Crippen LogP contribution in [0.25, 0.3) is 0 Å². The highest BCUT2D eigenvalue weighted by Gasteiger charge is 2.29. The molecule has 0 amide bonds. The molecule has 1 aliphatic carbocycles. The Bertz CT molecular complexity index is 882. The number of aliphatic hydroxyl groups excluding tert-OH is 1. The van der Waals surface area contributed by atoms with Crippen LogP contribution in [0.3, 0.4) is 0 Å². The lowest BCUT2D eigenvalue weighted by atomic mass is 9.97. The number of aromatic nitrogens is 2. The number of nitrogens with zero attached hydrogens (tertiary/aromatic N) is 3. The Morgan fingerprint density at radius 1 is 1.32 bits per heavy atom. The van der Waals surface area contributed by atoms with Crippen molar-refractivity contribution in [2.45, 2.75) is 44.7 Å². The summed E-state index contributed by atoms with van der Waals surface area (Å²) in [4.78, 5) is 23.5. The Kier molecular flexibility index (Phi) is 5.17. The van der Waals surface area contributed by atoms with E-state index in [1.165, 1.54) is 18.2 Å². The van der Waals surface area contributed by atoms with E-state index in [1.54, 1.807) is 0 Å². The highest BCUT2D eigenvalue weighted by atomic mass is 16.5. The Balaban J connectivity index is 1.58. The first kappa shape index (κ1) is 18.7. The van der Waals surface area contributed by atoms with Crippen molar-refractivity contribution in [1.29, 1.82) is 0 Å². The lowest BCUT2D eigenvalue weighted by molar-refractivity contribution is 0.0600. The smallest absolute Gasteiger partial charge is 0.337 e. The van der Waals surface area contributed by atoms with Crippen LogP contribution in [0.5, 0.6) is 0 Å². The van der Waals surface area contributed by atoms with Crippen molar-refractivity contribution in [2.24, 2.45) is 0 Å². The first-order valence-corrected chi connectivity index (χ1v) is 9.79. The van der Waals surface area contributed by atoms with Gasteiger partial charge in [0, 0.05) is 31.1 Å². The normalized spacial score (nSPS) is 17.0. The molecule has 7 heteroatoms. The number of esters is 1. The summed E-state index contributed by atoms with van der Waals surface area (Å²) >= 11 is 0. The van der Waals surface area contributed by atoms with Crippen LogP contribution < -0.4 is 10.2 Å². The second-order valence-electron chi connectivity index (χ2n) is 7.62. The maximum absolute atomic E-state index is 11.8. The summed E-state index contributed by atoms with van der Waals surface area (Å²) in [5, 5.41) is 12.6. The van der Waals surface area contributed by atoms with Crippen LogP contribution in [-0.4, -0.2) is 47.3 Å². The van der Waals surface area contributed by atoms with Crippen molar-refractivity contribution in [1.82, 2.24) is 9.97 Å². The van der Waals surface area contributed by atoms with Crippen molar-refractivity contribution < 1.29 is 14.6 Å². The molecule has 2 N–H and O–H groups in total. The zero-order valence-corrected chi connectivity index (χ0v) is 16.3. The van der Waals surface area contributed by atoms with Gasteiger partial charge in [-0.3, -0.25) is 0 Å². The van der Waals surface area contributed by atoms with E-state index in [9.17, 15) is 9.90 Å². The molecule has 0 unspecified atom stereocenters. The second-order valence-corrected chi connectivity index (χ2v) is 7.62. The summed E-state index contributed by atoms with van der Waals surface area (Å²) in [6.45, 7) is 3.55. The number of methoxy groups -OCH3 is 1. The lowest BCUT2D eigenvalue weighted by Gasteiger charge is -2.30. The third kappa shape index (κ3) is 3.94. The molecule has 1 aromatic heterocycles. The lowest BCUT2D eigenvalue weighted by Crippen LogP contribution is -2.32. The standard InChI is InChI=1S/C21H26N4O3/c1-13(12-26)22-18-10-19(24-20(23-18)14-3-4-14)25-8-7-15-9-16(21(27)28-2)5-6-17(15)11-25/h5-6,9-10,13-14,26H,3-4,7-8,11-12H2,1-2H3,(H,22,23,24)/t13-/m1/s1. The number of nitrogens with one attached hydrogen (secondary N) is 1. The van der Waals surface area contributed by atoms with Crippen LogP contribution in [-0.2, 0) is 17.7 Å². The molecule has 0 radical (unpaired) electrons. The molecule has 1 aromatic carbocycles. The van der Waals surface area contributed by atoms with E-state index in [-0.39, 0.29) is 18.6 Å². The zero-order chi connectivity index (χ0) is 19.7. The van der Waals surface area contributed by atoms with E-state index >= 15 is 0 Å². The molecule has 1 saturated carbocycles. The molecule has 4 rings (SSSR count). The van der Waals surface area contributed by atoms with Crippen LogP contribution in [0, 0.1) is 0 Å². The summed E-state index contributed by atoms with van der Waals surface area (Å²) in [5.74, 6) is 2.71. The predicted molar refractivity (Wildman–Crippen MR) is 107 cm³/mol. The zero-order valence-electron chi connectivity index (χ0n) is 16.3. The molecular formula is C21H26N4O3. The largest absolute Gasteiger partial charge is 0.465 e. The van der Waals surface area contributed by atoms with Gasteiger partial charge in [-0.15, -0.1) is 0 Å². The molecule has 7 nitrogen and oxygen atoms in total. The van der Waals surface area contributed by atoms with Crippen molar-refractivity contribution >= 4 is 17.6 Å². The molecule has 148 valence electrons. The van der Waals surface area contributed by atoms with Gasteiger partial charge in [0.05, 0.1) is 19.3 Å². The fourth-order valence-electron chi connectivity index (χ4n) is 3.50. The van der Waals surface area contributed by atoms with Gasteiger partial charge in [0.25, 0.3) is 0 Å². The van der Waals surface area contributed by atoms with Gasteiger partial charge in [-0.1, -0.05) is 6.07 Å². The topological polar surface area (TPSA) is 87.6 Å². The number of aliphatic hydroxyl groups is 1. The van der Waals surface area contributed by atoms with E-state index in [0.717, 1.165) is 49.8 Å². The highest BCUT2D eigenvalue weighted by molar-refractivity contribution is 5.89. The highest BCUT2D eigenvalue weighted by Crippen LogP contribution is 2.39. The number of fused-ring (bicyclic) bond motifs is 1. The Labute approximate surface area is 164 Å². The number of ether oxygens (including phenoxy) is 1. The molecular weight excluding hydrogens is 356 g/mol. The van der Waals surface area contributed by atoms with Gasteiger partial charge in [0.15, 0.2) is 0 Å². The summed E-state index contributed by atoms with van der Waals surface area (Å²) in [6.07, 6.45) is 3.12. The minimum atomic E-state index is -0.302. The number of hydrogen-bond donors (Lipinski definition) is 2. The minimum absolute atomic E-state index is 0.0533. The van der Waals surface area contributed by atoms with Gasteiger partial charge in [0.1, 0.15) is 17.5 Å². The van der Waals surface area contributed by atoms with Gasteiger partial charge < -0.3 is 20.1 Å². The molecule has 1 aliphatic heterocycles. The van der Waals surface area contributed by atoms with Gasteiger partial charge in [-0.05, 0) is 49.4 Å². The number of hydrogen-bond acceptors (Lipinski definition) is 7. The van der Waals surface area contributed by atoms with E-state index in [2.05, 4.69) is 15.2 Å². The molecule has 28 heavy (non-hydrogen) atoms. The number of benzene rings is 1. The van der Waals surface area contributed by atoms with E-state index < -0.39 is 0 Å². The van der Waals surface area contributed by atoms with Gasteiger partial charge >= 0.3 is 5.97 Å². The molecule has 1 fully saturated rings. The minimum Gasteiger partial charge on any atom is -0.465 e. The monoisotopic (exact) mass is 382 g/mol. The van der Waals surface area contributed by atoms with Crippen LogP contribution in [0.15, 0.2) is 24.3 Å². The van der Waals surface area contributed by atoms with E-state index in [1.807, 2.05) is 31.2 Å². The molecule has 2 aliphatic rings. The van der Waals surface area contributed by atoms with Crippen LogP contribution in [0.1, 0.15) is 53.0 Å². The number of rotatable bonds is 6. The van der Waals surface area contributed by atoms with Crippen molar-refractivity contribution in [3.8, 4) is 0 Å². The first-order chi connectivity index (χ1) is 13.6. The summed E-state index contributed by atoms with van der Waals surface area (Å²) in [6, 6.07) is 7.66. The fraction of sp³-hybridized carbons (Fsp3) is 0.476. The molecule has 2 heterocycles. The van der Waals surface area contributed by atoms with Crippen molar-refractivity contribution in [3.05, 3.63) is 46.8 Å². The summed E-state index contributed by atoms with van der Waals surface area (Å²) < 4.78 is 4.82. The fourth-order valence-corrected chi connectivity index (χ4v) is 3.50. The number of carbonyl (C=O) groups excluding carboxylic acids is 1. The maximum atomic E-state index is 11.8. The Hall–Kier alpha value is -2.67. The second kappa shape index (κ2) is 7.75. The van der Waals surface area contributed by atoms with E-state index in [4.69, 9.17) is 9.72 Å². The maximum Gasteiger partial charge on any atom is 0.337 e. The predicted octanol–water partition coefficient (Wildman–Crippen LogP) is 2.50. The molecule has 0 spiro atoms. The first-order valence-electron chi connectivity index (χ1n) is 9.79. The van der Waals surface area contributed by atoms with E-state index in [0.29, 0.717) is 11.5 Å². The third-order valence-corrected chi connectivity index (χ3v) is 5.30. The van der Waals surface area contributed by atoms with Crippen molar-refractivity contribution in [3.63, 3.8) is 0 Å². The molecule has 0 saturated heterocycles. The molecule has 2 aromatic rings. The Morgan fingerprint density at radius 3 is 2.86 bits per heavy atom. The van der Waals surface area contributed by atoms with Gasteiger partial charge in [0.2, 0.25) is 0 Å². The SMILES string of the molecule is COC(=O)c1ccc2c(c1)CCN(c1cc(N[C@H](C)CO)nc(C3CC3)n1)C2. The average molecular weight is 382 g/mol. The number of carbonyl (C=O) groups is 1. The molecule has 0 bridgehead atoms. The quantitative estimate of drug-likeness (QED) is 0.742. The Morgan fingerprint density at radius 2 is 2.14 bits per heavy atom. The van der Waals surface area contributed by atoms with Crippen LogP contribution in [0.4, 0.5) is 11.6 Å². The number of anilines is 2.